The Morgan fingerprint density at radius 3 is 2.52 bits per heavy atom. The first-order valence-electron chi connectivity index (χ1n) is 18.5. The lowest BCUT2D eigenvalue weighted by molar-refractivity contribution is -0.144. The van der Waals surface area contributed by atoms with Gasteiger partial charge in [0, 0.05) is 41.8 Å². The van der Waals surface area contributed by atoms with E-state index in [2.05, 4.69) is 15.4 Å². The fraction of sp³-hybridized carbons (Fsp3) is 0.475. The number of fused-ring (bicyclic) bond motifs is 3. The van der Waals surface area contributed by atoms with Crippen LogP contribution in [0.1, 0.15) is 65.7 Å². The molecule has 1 saturated heterocycles. The van der Waals surface area contributed by atoms with Gasteiger partial charge in [-0.15, -0.1) is 0 Å². The highest BCUT2D eigenvalue weighted by Gasteiger charge is 2.62. The molecule has 7 rings (SSSR count). The van der Waals surface area contributed by atoms with E-state index in [-0.39, 0.29) is 31.7 Å². The van der Waals surface area contributed by atoms with E-state index in [9.17, 15) is 27.6 Å². The number of allylic oxidation sites excluding steroid dienone is 1. The number of aromatic nitrogens is 1. The molecule has 286 valence electrons. The summed E-state index contributed by atoms with van der Waals surface area (Å²) in [7, 11) is -2.32. The third kappa shape index (κ3) is 7.66. The van der Waals surface area contributed by atoms with Crippen molar-refractivity contribution in [1.29, 1.82) is 0 Å². The van der Waals surface area contributed by atoms with E-state index in [4.69, 9.17) is 14.5 Å². The van der Waals surface area contributed by atoms with E-state index >= 15 is 0 Å². The van der Waals surface area contributed by atoms with E-state index in [0.29, 0.717) is 53.8 Å². The number of carbonyl (C=O) groups is 4. The van der Waals surface area contributed by atoms with Crippen molar-refractivity contribution < 1.29 is 37.1 Å². The van der Waals surface area contributed by atoms with Crippen LogP contribution in [0.4, 0.5) is 0 Å². The van der Waals surface area contributed by atoms with Gasteiger partial charge >= 0.3 is 0 Å². The number of rotatable bonds is 7. The summed E-state index contributed by atoms with van der Waals surface area (Å²) in [6.45, 7) is 5.56. The normalized spacial score (nSPS) is 27.0. The number of sulfonamides is 1. The number of benzene rings is 2. The second kappa shape index (κ2) is 14.3. The highest BCUT2D eigenvalue weighted by Crippen LogP contribution is 2.46. The van der Waals surface area contributed by atoms with Crippen molar-refractivity contribution in [2.75, 3.05) is 13.7 Å². The monoisotopic (exact) mass is 757 g/mol. The summed E-state index contributed by atoms with van der Waals surface area (Å²) in [4.78, 5) is 62.3. The van der Waals surface area contributed by atoms with Gasteiger partial charge in [0.15, 0.2) is 0 Å². The standard InChI is InChI=1S/C40H47N5O8S/c1-39(2,3)35-37(48)45-23-27(53-33-21-30(24-11-7-5-8-12-24)41-31-19-26(52-4)15-18-29(31)33)20-32(45)36(47)43-40(38(49)44-54(50,51)28-16-17-28)22-25(40)13-9-6-10-14-34(46)42-35/h5,7-9,11-13,15,18-19,21,25,27-28,32,35H,6,10,14,16-17,20,22-23H2,1-4H3,(H,42,46)(H,43,47)(H,44,49)/b13-9-/t25?,27-,32+,35-,40?/m1/s1. The molecule has 3 heterocycles. The minimum absolute atomic E-state index is 0.0125. The highest BCUT2D eigenvalue weighted by atomic mass is 32.2. The first kappa shape index (κ1) is 37.3. The Balaban J connectivity index is 1.24. The zero-order valence-corrected chi connectivity index (χ0v) is 31.8. The molecule has 4 amide bonds. The van der Waals surface area contributed by atoms with Crippen molar-refractivity contribution in [2.45, 2.75) is 94.7 Å². The molecule has 0 radical (unpaired) electrons. The van der Waals surface area contributed by atoms with Crippen LogP contribution in [0.3, 0.4) is 0 Å². The van der Waals surface area contributed by atoms with Crippen LogP contribution in [0.25, 0.3) is 22.2 Å². The molecule has 2 saturated carbocycles. The molecular formula is C40H47N5O8S. The molecule has 54 heavy (non-hydrogen) atoms. The van der Waals surface area contributed by atoms with Crippen molar-refractivity contribution in [3.05, 3.63) is 66.7 Å². The average molecular weight is 758 g/mol. The van der Waals surface area contributed by atoms with Gasteiger partial charge in [-0.25, -0.2) is 13.4 Å². The average Bonchev–Trinajstić information content (AvgIpc) is 4.06. The summed E-state index contributed by atoms with van der Waals surface area (Å²) in [5.41, 5.74) is -0.0722. The lowest BCUT2D eigenvalue weighted by Gasteiger charge is -2.35. The third-order valence-corrected chi connectivity index (χ3v) is 12.5. The Morgan fingerprint density at radius 1 is 1.06 bits per heavy atom. The molecule has 2 aromatic carbocycles. The molecule has 3 aromatic rings. The molecule has 0 spiro atoms. The minimum Gasteiger partial charge on any atom is -0.497 e. The molecule has 2 aliphatic carbocycles. The number of carbonyl (C=O) groups excluding carboxylic acids is 4. The minimum atomic E-state index is -3.89. The van der Waals surface area contributed by atoms with Crippen LogP contribution in [0.5, 0.6) is 11.5 Å². The summed E-state index contributed by atoms with van der Waals surface area (Å²) in [5.74, 6) is -1.48. The molecule has 2 aliphatic heterocycles. The first-order valence-corrected chi connectivity index (χ1v) is 20.1. The Bertz CT molecular complexity index is 2110. The molecule has 3 N–H and O–H groups in total. The predicted molar refractivity (Wildman–Crippen MR) is 202 cm³/mol. The van der Waals surface area contributed by atoms with Crippen molar-refractivity contribution >= 4 is 44.6 Å². The molecule has 13 nitrogen and oxygen atoms in total. The van der Waals surface area contributed by atoms with E-state index in [0.717, 1.165) is 5.56 Å². The quantitative estimate of drug-likeness (QED) is 0.301. The molecule has 5 atom stereocenters. The molecule has 14 heteroatoms. The molecule has 0 bridgehead atoms. The largest absolute Gasteiger partial charge is 0.497 e. The summed E-state index contributed by atoms with van der Waals surface area (Å²) < 4.78 is 40.1. The topological polar surface area (TPSA) is 173 Å². The number of amides is 4. The summed E-state index contributed by atoms with van der Waals surface area (Å²) in [6.07, 6.45) is 5.40. The Morgan fingerprint density at radius 2 is 1.81 bits per heavy atom. The zero-order valence-electron chi connectivity index (χ0n) is 31.0. The fourth-order valence-corrected chi connectivity index (χ4v) is 8.73. The van der Waals surface area contributed by atoms with Gasteiger partial charge < -0.3 is 25.0 Å². The van der Waals surface area contributed by atoms with Crippen molar-refractivity contribution in [2.24, 2.45) is 11.3 Å². The van der Waals surface area contributed by atoms with Crippen LogP contribution in [0.15, 0.2) is 66.7 Å². The summed E-state index contributed by atoms with van der Waals surface area (Å²) in [5, 5.41) is 5.92. The van der Waals surface area contributed by atoms with Gasteiger partial charge in [0.25, 0.3) is 5.91 Å². The molecular weight excluding hydrogens is 711 g/mol. The number of methoxy groups -OCH3 is 1. The number of ether oxygens (including phenoxy) is 2. The van der Waals surface area contributed by atoms with E-state index < -0.39 is 68.1 Å². The second-order valence-corrected chi connectivity index (χ2v) is 17.8. The van der Waals surface area contributed by atoms with Crippen molar-refractivity contribution in [1.82, 2.24) is 25.2 Å². The number of pyridine rings is 1. The van der Waals surface area contributed by atoms with E-state index in [1.165, 1.54) is 4.90 Å². The lowest BCUT2D eigenvalue weighted by atomic mass is 9.85. The maximum atomic E-state index is 14.6. The van der Waals surface area contributed by atoms with Gasteiger partial charge in [0.1, 0.15) is 35.2 Å². The van der Waals surface area contributed by atoms with Crippen LogP contribution in [-0.2, 0) is 29.2 Å². The van der Waals surface area contributed by atoms with Gasteiger partial charge in [-0.1, -0.05) is 63.3 Å². The molecule has 4 aliphatic rings. The number of hydrogen-bond acceptors (Lipinski definition) is 9. The van der Waals surface area contributed by atoms with Crippen LogP contribution in [-0.4, -0.2) is 84.6 Å². The van der Waals surface area contributed by atoms with Crippen LogP contribution < -0.4 is 24.8 Å². The predicted octanol–water partition coefficient (Wildman–Crippen LogP) is 4.01. The van der Waals surface area contributed by atoms with Gasteiger partial charge in [-0.05, 0) is 49.7 Å². The SMILES string of the molecule is COc1ccc2c(O[C@@H]3C[C@H]4C(=O)NC5(C(=O)NS(=O)(=O)C6CC6)CC5/C=C\CCCC(=O)N[C@@H](C(C)(C)C)C(=O)N4C3)cc(-c3ccccc3)nc2c1. The van der Waals surface area contributed by atoms with Gasteiger partial charge in [0.05, 0.1) is 30.1 Å². The molecule has 3 fully saturated rings. The maximum absolute atomic E-state index is 14.6. The van der Waals surface area contributed by atoms with Gasteiger partial charge in [0.2, 0.25) is 27.7 Å². The van der Waals surface area contributed by atoms with Gasteiger partial charge in [-0.2, -0.15) is 0 Å². The highest BCUT2D eigenvalue weighted by molar-refractivity contribution is 7.91. The number of hydrogen-bond donors (Lipinski definition) is 3. The van der Waals surface area contributed by atoms with E-state index in [1.807, 2.05) is 75.4 Å². The summed E-state index contributed by atoms with van der Waals surface area (Å²) in [6, 6.07) is 14.9. The lowest BCUT2D eigenvalue weighted by Crippen LogP contribution is -2.60. The first-order chi connectivity index (χ1) is 25.7. The van der Waals surface area contributed by atoms with Crippen LogP contribution >= 0.6 is 0 Å². The Hall–Kier alpha value is -4.98. The smallest absolute Gasteiger partial charge is 0.259 e. The molecule has 1 aromatic heterocycles. The zero-order chi connectivity index (χ0) is 38.4. The Labute approximate surface area is 315 Å². The van der Waals surface area contributed by atoms with Crippen molar-refractivity contribution in [3.8, 4) is 22.8 Å². The Kier molecular flexibility index (Phi) is 9.92. The van der Waals surface area contributed by atoms with E-state index in [1.54, 1.807) is 19.3 Å². The fourth-order valence-electron chi connectivity index (χ4n) is 7.37. The maximum Gasteiger partial charge on any atom is 0.259 e. The van der Waals surface area contributed by atoms with Crippen LogP contribution in [0, 0.1) is 11.3 Å². The number of nitrogens with one attached hydrogen (secondary N) is 3. The second-order valence-electron chi connectivity index (χ2n) is 15.9. The summed E-state index contributed by atoms with van der Waals surface area (Å²) >= 11 is 0. The van der Waals surface area contributed by atoms with Gasteiger partial charge in [-0.3, -0.25) is 23.9 Å². The van der Waals surface area contributed by atoms with Crippen molar-refractivity contribution in [3.63, 3.8) is 0 Å². The van der Waals surface area contributed by atoms with Crippen LogP contribution in [0.2, 0.25) is 0 Å². The third-order valence-electron chi connectivity index (χ3n) is 10.7. The number of nitrogens with zero attached hydrogens (tertiary/aromatic N) is 2. The molecule has 2 unspecified atom stereocenters.